The van der Waals surface area contributed by atoms with E-state index < -0.39 is 0 Å². The van der Waals surface area contributed by atoms with Gasteiger partial charge in [0, 0.05) is 24.3 Å². The van der Waals surface area contributed by atoms with Crippen LogP contribution in [0.2, 0.25) is 0 Å². The zero-order chi connectivity index (χ0) is 13.9. The summed E-state index contributed by atoms with van der Waals surface area (Å²) in [6, 6.07) is 3.81. The van der Waals surface area contributed by atoms with E-state index in [-0.39, 0.29) is 5.54 Å². The Kier molecular flexibility index (Phi) is 3.85. The van der Waals surface area contributed by atoms with Crippen LogP contribution in [-0.4, -0.2) is 27.2 Å². The summed E-state index contributed by atoms with van der Waals surface area (Å²) < 4.78 is 7.08. The van der Waals surface area contributed by atoms with Crippen LogP contribution in [0.4, 0.5) is 0 Å². The first-order chi connectivity index (χ1) is 8.99. The van der Waals surface area contributed by atoms with Crippen molar-refractivity contribution in [2.45, 2.75) is 32.9 Å². The second-order valence-electron chi connectivity index (χ2n) is 5.42. The quantitative estimate of drug-likeness (QED) is 0.915. The van der Waals surface area contributed by atoms with Crippen LogP contribution in [0.15, 0.2) is 30.9 Å². The molecule has 5 heteroatoms. The molecule has 0 atom stereocenters. The van der Waals surface area contributed by atoms with Crippen LogP contribution in [0.5, 0.6) is 5.88 Å². The number of hydrogen-bond acceptors (Lipinski definition) is 4. The van der Waals surface area contributed by atoms with Gasteiger partial charge in [-0.3, -0.25) is 0 Å². The third-order valence-electron chi connectivity index (χ3n) is 2.72. The van der Waals surface area contributed by atoms with Crippen LogP contribution in [-0.2, 0) is 6.54 Å². The molecule has 0 aliphatic heterocycles. The molecule has 2 heterocycles. The summed E-state index contributed by atoms with van der Waals surface area (Å²) in [6.45, 7) is 7.18. The van der Waals surface area contributed by atoms with Gasteiger partial charge < -0.3 is 14.6 Å². The van der Waals surface area contributed by atoms with Gasteiger partial charge in [0.1, 0.15) is 0 Å². The average molecular weight is 260 g/mol. The van der Waals surface area contributed by atoms with E-state index >= 15 is 0 Å². The number of imidazole rings is 1. The molecule has 5 nitrogen and oxygen atoms in total. The van der Waals surface area contributed by atoms with Crippen molar-refractivity contribution in [3.05, 3.63) is 36.5 Å². The van der Waals surface area contributed by atoms with E-state index in [1.54, 1.807) is 19.6 Å². The first kappa shape index (κ1) is 13.5. The molecule has 0 fully saturated rings. The fourth-order valence-corrected chi connectivity index (χ4v) is 1.68. The average Bonchev–Trinajstić information content (AvgIpc) is 2.84. The van der Waals surface area contributed by atoms with Crippen molar-refractivity contribution < 1.29 is 4.74 Å². The molecule has 0 aliphatic carbocycles. The maximum atomic E-state index is 5.06. The molecule has 19 heavy (non-hydrogen) atoms. The molecule has 0 amide bonds. The van der Waals surface area contributed by atoms with Crippen LogP contribution in [0.25, 0.3) is 5.69 Å². The van der Waals surface area contributed by atoms with E-state index in [0.29, 0.717) is 5.88 Å². The van der Waals surface area contributed by atoms with Crippen LogP contribution in [0, 0.1) is 0 Å². The Hall–Kier alpha value is -1.88. The van der Waals surface area contributed by atoms with Crippen molar-refractivity contribution >= 4 is 0 Å². The molecule has 1 N–H and O–H groups in total. The smallest absolute Gasteiger partial charge is 0.213 e. The highest BCUT2D eigenvalue weighted by molar-refractivity contribution is 5.33. The van der Waals surface area contributed by atoms with Crippen LogP contribution >= 0.6 is 0 Å². The normalized spacial score (nSPS) is 11.6. The molecule has 0 radical (unpaired) electrons. The molecule has 0 unspecified atom stereocenters. The number of aromatic nitrogens is 3. The minimum absolute atomic E-state index is 0.0766. The molecule has 2 aromatic rings. The highest BCUT2D eigenvalue weighted by Crippen LogP contribution is 2.14. The van der Waals surface area contributed by atoms with Crippen molar-refractivity contribution in [3.8, 4) is 11.6 Å². The van der Waals surface area contributed by atoms with Crippen molar-refractivity contribution in [2.75, 3.05) is 7.11 Å². The third kappa shape index (κ3) is 3.54. The molecule has 0 saturated heterocycles. The summed E-state index contributed by atoms with van der Waals surface area (Å²) in [5, 5.41) is 3.45. The predicted molar refractivity (Wildman–Crippen MR) is 74.5 cm³/mol. The van der Waals surface area contributed by atoms with Gasteiger partial charge in [0.15, 0.2) is 0 Å². The molecular formula is C14H20N4O. The fraction of sp³-hybridized carbons (Fsp3) is 0.429. The van der Waals surface area contributed by atoms with E-state index in [0.717, 1.165) is 17.9 Å². The maximum absolute atomic E-state index is 5.06. The third-order valence-corrected chi connectivity index (χ3v) is 2.72. The summed E-state index contributed by atoms with van der Waals surface area (Å²) in [5.74, 6) is 0.609. The molecule has 0 aromatic carbocycles. The lowest BCUT2D eigenvalue weighted by Gasteiger charge is -2.20. The Labute approximate surface area is 113 Å². The molecule has 2 aromatic heterocycles. The summed E-state index contributed by atoms with van der Waals surface area (Å²) in [6.07, 6.45) is 5.44. The van der Waals surface area contributed by atoms with Crippen molar-refractivity contribution in [3.63, 3.8) is 0 Å². The fourth-order valence-electron chi connectivity index (χ4n) is 1.68. The molecule has 0 spiro atoms. The number of nitrogens with zero attached hydrogens (tertiary/aromatic N) is 3. The standard InChI is InChI=1S/C14H20N4O/c1-14(2,3)17-9-12-7-15-10-18(12)11-5-6-13(19-4)16-8-11/h5-8,10,17H,9H2,1-4H3. The van der Waals surface area contributed by atoms with Crippen LogP contribution < -0.4 is 10.1 Å². The van der Waals surface area contributed by atoms with Crippen LogP contribution in [0.3, 0.4) is 0 Å². The zero-order valence-corrected chi connectivity index (χ0v) is 11.8. The Morgan fingerprint density at radius 2 is 2.05 bits per heavy atom. The Balaban J connectivity index is 2.18. The first-order valence-electron chi connectivity index (χ1n) is 6.26. The highest BCUT2D eigenvalue weighted by Gasteiger charge is 2.11. The Morgan fingerprint density at radius 3 is 2.63 bits per heavy atom. The number of methoxy groups -OCH3 is 1. The van der Waals surface area contributed by atoms with E-state index in [9.17, 15) is 0 Å². The first-order valence-corrected chi connectivity index (χ1v) is 6.26. The van der Waals surface area contributed by atoms with E-state index in [4.69, 9.17) is 4.74 Å². The second-order valence-corrected chi connectivity index (χ2v) is 5.42. The van der Waals surface area contributed by atoms with Gasteiger partial charge in [-0.1, -0.05) is 0 Å². The van der Waals surface area contributed by atoms with Gasteiger partial charge in [-0.05, 0) is 26.8 Å². The topological polar surface area (TPSA) is 52.0 Å². The molecule has 0 saturated carbocycles. The Bertz CT molecular complexity index is 525. The summed E-state index contributed by atoms with van der Waals surface area (Å²) in [4.78, 5) is 8.42. The SMILES string of the molecule is COc1ccc(-n2cncc2CNC(C)(C)C)cn1. The lowest BCUT2D eigenvalue weighted by molar-refractivity contribution is 0.397. The van der Waals surface area contributed by atoms with Gasteiger partial charge in [-0.2, -0.15) is 0 Å². The summed E-state index contributed by atoms with van der Waals surface area (Å²) in [5.41, 5.74) is 2.15. The van der Waals surface area contributed by atoms with Gasteiger partial charge in [0.25, 0.3) is 0 Å². The number of pyridine rings is 1. The highest BCUT2D eigenvalue weighted by atomic mass is 16.5. The molecule has 0 aliphatic rings. The predicted octanol–water partition coefficient (Wildman–Crippen LogP) is 2.16. The van der Waals surface area contributed by atoms with Crippen molar-refractivity contribution in [1.29, 1.82) is 0 Å². The van der Waals surface area contributed by atoms with E-state index in [2.05, 4.69) is 36.1 Å². The summed E-state index contributed by atoms with van der Waals surface area (Å²) in [7, 11) is 1.61. The monoisotopic (exact) mass is 260 g/mol. The molecule has 0 bridgehead atoms. The van der Waals surface area contributed by atoms with Crippen molar-refractivity contribution in [1.82, 2.24) is 19.9 Å². The van der Waals surface area contributed by atoms with Gasteiger partial charge in [0.2, 0.25) is 5.88 Å². The van der Waals surface area contributed by atoms with Gasteiger partial charge in [0.05, 0.1) is 31.0 Å². The minimum Gasteiger partial charge on any atom is -0.481 e. The Morgan fingerprint density at radius 1 is 1.26 bits per heavy atom. The van der Waals surface area contributed by atoms with Gasteiger partial charge >= 0.3 is 0 Å². The van der Waals surface area contributed by atoms with Crippen LogP contribution in [0.1, 0.15) is 26.5 Å². The largest absolute Gasteiger partial charge is 0.481 e. The lowest BCUT2D eigenvalue weighted by atomic mass is 10.1. The molecule has 102 valence electrons. The number of hydrogen-bond donors (Lipinski definition) is 1. The van der Waals surface area contributed by atoms with E-state index in [1.165, 1.54) is 0 Å². The molecular weight excluding hydrogens is 240 g/mol. The van der Waals surface area contributed by atoms with E-state index in [1.807, 2.05) is 22.9 Å². The molecule has 2 rings (SSSR count). The van der Waals surface area contributed by atoms with Gasteiger partial charge in [-0.25, -0.2) is 9.97 Å². The lowest BCUT2D eigenvalue weighted by Crippen LogP contribution is -2.35. The second kappa shape index (κ2) is 5.40. The maximum Gasteiger partial charge on any atom is 0.213 e. The summed E-state index contributed by atoms with van der Waals surface area (Å²) >= 11 is 0. The number of ether oxygens (including phenoxy) is 1. The van der Waals surface area contributed by atoms with Crippen molar-refractivity contribution in [2.24, 2.45) is 0 Å². The van der Waals surface area contributed by atoms with Gasteiger partial charge in [-0.15, -0.1) is 0 Å². The zero-order valence-electron chi connectivity index (χ0n) is 11.8. The number of rotatable bonds is 4. The minimum atomic E-state index is 0.0766. The number of nitrogens with one attached hydrogen (secondary N) is 1.